The fraction of sp³-hybridized carbons (Fsp3) is 0.130. The van der Waals surface area contributed by atoms with Crippen molar-refractivity contribution >= 4 is 33.3 Å². The maximum absolute atomic E-state index is 12.9. The topological polar surface area (TPSA) is 102 Å². The van der Waals surface area contributed by atoms with Gasteiger partial charge in [-0.25, -0.2) is 13.2 Å². The molecule has 3 rings (SSSR count). The molecule has 3 aromatic carbocycles. The highest BCUT2D eigenvalue weighted by Crippen LogP contribution is 2.31. The third-order valence-electron chi connectivity index (χ3n) is 4.50. The Kier molecular flexibility index (Phi) is 7.26. The third kappa shape index (κ3) is 6.13. The maximum Gasteiger partial charge on any atom is 0.416 e. The van der Waals surface area contributed by atoms with E-state index in [4.69, 9.17) is 4.74 Å². The van der Waals surface area contributed by atoms with Crippen molar-refractivity contribution in [2.75, 3.05) is 16.6 Å². The summed E-state index contributed by atoms with van der Waals surface area (Å²) in [5.74, 6) is -1.06. The quantitative estimate of drug-likeness (QED) is 0.455. The van der Waals surface area contributed by atoms with E-state index in [2.05, 4.69) is 10.0 Å². The Labute approximate surface area is 193 Å². The molecule has 0 atom stereocenters. The zero-order chi connectivity index (χ0) is 24.9. The van der Waals surface area contributed by atoms with Crippen molar-refractivity contribution in [2.24, 2.45) is 0 Å². The summed E-state index contributed by atoms with van der Waals surface area (Å²) in [4.78, 5) is 23.7. The fourth-order valence-electron chi connectivity index (χ4n) is 2.88. The first-order valence-corrected chi connectivity index (χ1v) is 11.4. The first-order chi connectivity index (χ1) is 16.0. The summed E-state index contributed by atoms with van der Waals surface area (Å²) in [6.07, 6.45) is -4.70. The Balaban J connectivity index is 1.74. The number of alkyl halides is 3. The molecule has 0 aliphatic heterocycles. The van der Waals surface area contributed by atoms with Crippen molar-refractivity contribution in [2.45, 2.75) is 18.0 Å². The van der Waals surface area contributed by atoms with Crippen LogP contribution < -0.4 is 10.0 Å². The van der Waals surface area contributed by atoms with E-state index in [9.17, 15) is 31.2 Å². The van der Waals surface area contributed by atoms with Crippen LogP contribution in [-0.4, -0.2) is 26.9 Å². The van der Waals surface area contributed by atoms with E-state index in [1.165, 1.54) is 48.5 Å². The molecule has 0 saturated heterocycles. The number of sulfonamides is 1. The lowest BCUT2D eigenvalue weighted by Crippen LogP contribution is -2.16. The van der Waals surface area contributed by atoms with Gasteiger partial charge in [0.05, 0.1) is 22.6 Å². The average Bonchev–Trinajstić information content (AvgIpc) is 2.79. The van der Waals surface area contributed by atoms with Crippen LogP contribution in [0, 0.1) is 0 Å². The van der Waals surface area contributed by atoms with Crippen LogP contribution in [0.15, 0.2) is 77.7 Å². The van der Waals surface area contributed by atoms with Gasteiger partial charge in [0.2, 0.25) is 0 Å². The van der Waals surface area contributed by atoms with E-state index in [1.54, 1.807) is 6.92 Å². The second kappa shape index (κ2) is 9.96. The molecule has 0 radical (unpaired) electrons. The van der Waals surface area contributed by atoms with Gasteiger partial charge in [-0.15, -0.1) is 0 Å². The minimum absolute atomic E-state index is 0.0114. The highest BCUT2D eigenvalue weighted by molar-refractivity contribution is 7.92. The maximum atomic E-state index is 12.9. The van der Waals surface area contributed by atoms with E-state index >= 15 is 0 Å². The molecule has 3 aromatic rings. The molecule has 0 aliphatic rings. The lowest BCUT2D eigenvalue weighted by Gasteiger charge is -2.12. The fourth-order valence-corrected chi connectivity index (χ4v) is 3.98. The van der Waals surface area contributed by atoms with Crippen molar-refractivity contribution in [3.8, 4) is 0 Å². The van der Waals surface area contributed by atoms with Crippen LogP contribution in [0.1, 0.15) is 33.2 Å². The smallest absolute Gasteiger partial charge is 0.416 e. The minimum Gasteiger partial charge on any atom is -0.462 e. The van der Waals surface area contributed by atoms with E-state index in [0.29, 0.717) is 17.3 Å². The van der Waals surface area contributed by atoms with Crippen molar-refractivity contribution < 1.29 is 35.9 Å². The van der Waals surface area contributed by atoms with Crippen molar-refractivity contribution in [3.05, 3.63) is 89.5 Å². The highest BCUT2D eigenvalue weighted by atomic mass is 32.2. The SMILES string of the molecule is CCOC(=O)c1ccc(NC(=O)c2cccc(NS(=O)(=O)c3cccc(C(F)(F)F)c3)c2)cc1. The molecule has 0 unspecified atom stereocenters. The zero-order valence-corrected chi connectivity index (χ0v) is 18.5. The molecule has 7 nitrogen and oxygen atoms in total. The molecule has 0 bridgehead atoms. The van der Waals surface area contributed by atoms with Gasteiger partial charge in [-0.2, -0.15) is 13.2 Å². The molecule has 1 amide bonds. The largest absolute Gasteiger partial charge is 0.462 e. The molecule has 34 heavy (non-hydrogen) atoms. The van der Waals surface area contributed by atoms with Crippen LogP contribution in [0.4, 0.5) is 24.5 Å². The standard InChI is InChI=1S/C23H19F3N2O5S/c1-2-33-22(30)15-9-11-18(12-10-15)27-21(29)16-5-3-7-19(13-16)28-34(31,32)20-8-4-6-17(14-20)23(24,25)26/h3-14,28H,2H2,1H3,(H,27,29). The first kappa shape index (κ1) is 24.8. The molecule has 0 saturated carbocycles. The number of anilines is 2. The number of benzene rings is 3. The van der Waals surface area contributed by atoms with Crippen molar-refractivity contribution in [1.29, 1.82) is 0 Å². The molecular weight excluding hydrogens is 473 g/mol. The van der Waals surface area contributed by atoms with Gasteiger partial charge in [0, 0.05) is 16.9 Å². The van der Waals surface area contributed by atoms with Crippen molar-refractivity contribution in [3.63, 3.8) is 0 Å². The van der Waals surface area contributed by atoms with Gasteiger partial charge < -0.3 is 10.1 Å². The van der Waals surface area contributed by atoms with Crippen LogP contribution >= 0.6 is 0 Å². The van der Waals surface area contributed by atoms with Crippen LogP contribution in [-0.2, 0) is 20.9 Å². The molecule has 178 valence electrons. The molecule has 0 spiro atoms. The number of rotatable bonds is 7. The molecule has 0 aromatic heterocycles. The summed E-state index contributed by atoms with van der Waals surface area (Å²) in [5, 5.41) is 2.61. The minimum atomic E-state index is -4.70. The summed E-state index contributed by atoms with van der Waals surface area (Å²) < 4.78 is 71.0. The van der Waals surface area contributed by atoms with E-state index < -0.39 is 38.5 Å². The van der Waals surface area contributed by atoms with E-state index in [-0.39, 0.29) is 17.9 Å². The molecule has 2 N–H and O–H groups in total. The summed E-state index contributed by atoms with van der Waals surface area (Å²) in [5.41, 5.74) is -0.322. The van der Waals surface area contributed by atoms with Gasteiger partial charge in [0.25, 0.3) is 15.9 Å². The number of amides is 1. The Morgan fingerprint density at radius 2 is 1.56 bits per heavy atom. The number of hydrogen-bond acceptors (Lipinski definition) is 5. The molecular formula is C23H19F3N2O5S. The molecule has 0 aliphatic carbocycles. The molecule has 11 heteroatoms. The van der Waals surface area contributed by atoms with Gasteiger partial charge in [-0.3, -0.25) is 9.52 Å². The average molecular weight is 492 g/mol. The molecule has 0 fully saturated rings. The van der Waals surface area contributed by atoms with Crippen LogP contribution in [0.25, 0.3) is 0 Å². The number of halogens is 3. The number of carbonyl (C=O) groups is 2. The Hall–Kier alpha value is -3.86. The number of ether oxygens (including phenoxy) is 1. The van der Waals surface area contributed by atoms with Crippen molar-refractivity contribution in [1.82, 2.24) is 0 Å². The van der Waals surface area contributed by atoms with Gasteiger partial charge in [-0.05, 0) is 67.6 Å². The normalized spacial score (nSPS) is 11.5. The van der Waals surface area contributed by atoms with E-state index in [0.717, 1.165) is 18.2 Å². The van der Waals surface area contributed by atoms with Crippen LogP contribution in [0.3, 0.4) is 0 Å². The number of nitrogens with one attached hydrogen (secondary N) is 2. The second-order valence-corrected chi connectivity index (χ2v) is 8.65. The zero-order valence-electron chi connectivity index (χ0n) is 17.7. The summed E-state index contributed by atoms with van der Waals surface area (Å²) in [6, 6.07) is 14.7. The van der Waals surface area contributed by atoms with Gasteiger partial charge in [0.15, 0.2) is 0 Å². The van der Waals surface area contributed by atoms with Crippen LogP contribution in [0.2, 0.25) is 0 Å². The van der Waals surface area contributed by atoms with Gasteiger partial charge >= 0.3 is 12.1 Å². The number of carbonyl (C=O) groups excluding carboxylic acids is 2. The predicted molar refractivity (Wildman–Crippen MR) is 119 cm³/mol. The Bertz CT molecular complexity index is 1310. The van der Waals surface area contributed by atoms with Gasteiger partial charge in [0.1, 0.15) is 0 Å². The van der Waals surface area contributed by atoms with Gasteiger partial charge in [-0.1, -0.05) is 12.1 Å². The van der Waals surface area contributed by atoms with Crippen LogP contribution in [0.5, 0.6) is 0 Å². The number of hydrogen-bond donors (Lipinski definition) is 2. The summed E-state index contributed by atoms with van der Waals surface area (Å²) >= 11 is 0. The first-order valence-electron chi connectivity index (χ1n) is 9.88. The summed E-state index contributed by atoms with van der Waals surface area (Å²) in [6.45, 7) is 1.91. The second-order valence-electron chi connectivity index (χ2n) is 6.96. The molecule has 0 heterocycles. The lowest BCUT2D eigenvalue weighted by atomic mass is 10.1. The number of esters is 1. The Morgan fingerprint density at radius 3 is 2.21 bits per heavy atom. The predicted octanol–water partition coefficient (Wildman–Crippen LogP) is 4.94. The Morgan fingerprint density at radius 1 is 0.882 bits per heavy atom. The van der Waals surface area contributed by atoms with E-state index in [1.807, 2.05) is 0 Å². The highest BCUT2D eigenvalue weighted by Gasteiger charge is 2.31. The summed E-state index contributed by atoms with van der Waals surface area (Å²) in [7, 11) is -4.34. The lowest BCUT2D eigenvalue weighted by molar-refractivity contribution is -0.137. The third-order valence-corrected chi connectivity index (χ3v) is 5.88. The monoisotopic (exact) mass is 492 g/mol.